The Bertz CT molecular complexity index is 599. The largest absolute Gasteiger partial charge is 0.480 e. The van der Waals surface area contributed by atoms with Crippen LogP contribution in [0.15, 0.2) is 48.8 Å². The smallest absolute Gasteiger partial charge is 0.321 e. The van der Waals surface area contributed by atoms with Gasteiger partial charge in [-0.05, 0) is 49.9 Å². The van der Waals surface area contributed by atoms with Crippen LogP contribution in [0.3, 0.4) is 0 Å². The van der Waals surface area contributed by atoms with Crippen molar-refractivity contribution >= 4 is 11.9 Å². The molecule has 120 valence electrons. The van der Waals surface area contributed by atoms with Crippen molar-refractivity contribution in [1.29, 1.82) is 0 Å². The first-order chi connectivity index (χ1) is 11.0. The lowest BCUT2D eigenvalue weighted by atomic mass is 9.78. The van der Waals surface area contributed by atoms with E-state index in [0.29, 0.717) is 24.2 Å². The lowest BCUT2D eigenvalue weighted by molar-refractivity contribution is -0.165. The van der Waals surface area contributed by atoms with Crippen molar-refractivity contribution in [3.8, 4) is 0 Å². The second-order valence-electron chi connectivity index (χ2n) is 5.33. The molecule has 2 aromatic rings. The standard InChI is InChI=1S/C17H18N2O4/c20-15(21)17(16(22)23,9-7-13-5-1-3-11-18-13)10-8-14-6-2-4-12-19-14/h1-6,11-12H,7-10H2,(H,20,21)(H,22,23). The maximum absolute atomic E-state index is 11.7. The van der Waals surface area contributed by atoms with Crippen molar-refractivity contribution in [2.24, 2.45) is 5.41 Å². The van der Waals surface area contributed by atoms with Gasteiger partial charge in [0.25, 0.3) is 0 Å². The summed E-state index contributed by atoms with van der Waals surface area (Å²) in [4.78, 5) is 31.6. The molecular weight excluding hydrogens is 296 g/mol. The van der Waals surface area contributed by atoms with Gasteiger partial charge in [-0.15, -0.1) is 0 Å². The maximum atomic E-state index is 11.7. The van der Waals surface area contributed by atoms with Gasteiger partial charge in [0.2, 0.25) is 0 Å². The SMILES string of the molecule is O=C(O)C(CCc1ccccn1)(CCc1ccccn1)C(=O)O. The average Bonchev–Trinajstić information content (AvgIpc) is 2.56. The Balaban J connectivity index is 2.14. The lowest BCUT2D eigenvalue weighted by Gasteiger charge is -2.24. The maximum Gasteiger partial charge on any atom is 0.321 e. The van der Waals surface area contributed by atoms with E-state index in [9.17, 15) is 19.8 Å². The quantitative estimate of drug-likeness (QED) is 0.724. The number of hydrogen-bond donors (Lipinski definition) is 2. The molecule has 6 nitrogen and oxygen atoms in total. The fraction of sp³-hybridized carbons (Fsp3) is 0.294. The third-order valence-electron chi connectivity index (χ3n) is 3.89. The van der Waals surface area contributed by atoms with Crippen LogP contribution >= 0.6 is 0 Å². The number of pyridine rings is 2. The molecule has 0 saturated heterocycles. The Morgan fingerprint density at radius 2 is 1.26 bits per heavy atom. The number of carboxylic acid groups (broad SMARTS) is 2. The molecule has 2 aromatic heterocycles. The van der Waals surface area contributed by atoms with Gasteiger partial charge in [-0.1, -0.05) is 12.1 Å². The van der Waals surface area contributed by atoms with Crippen molar-refractivity contribution in [2.45, 2.75) is 25.7 Å². The average molecular weight is 314 g/mol. The number of aryl methyl sites for hydroxylation is 2. The van der Waals surface area contributed by atoms with Crippen molar-refractivity contribution in [2.75, 3.05) is 0 Å². The van der Waals surface area contributed by atoms with E-state index in [1.165, 1.54) is 0 Å². The summed E-state index contributed by atoms with van der Waals surface area (Å²) in [6, 6.07) is 10.6. The number of carbonyl (C=O) groups is 2. The zero-order valence-electron chi connectivity index (χ0n) is 12.6. The van der Waals surface area contributed by atoms with Crippen LogP contribution in [0, 0.1) is 5.41 Å². The fourth-order valence-electron chi connectivity index (χ4n) is 2.42. The van der Waals surface area contributed by atoms with Gasteiger partial charge in [0.1, 0.15) is 0 Å². The molecular formula is C17H18N2O4. The van der Waals surface area contributed by atoms with E-state index < -0.39 is 17.4 Å². The van der Waals surface area contributed by atoms with Crippen molar-refractivity contribution in [1.82, 2.24) is 9.97 Å². The number of aromatic nitrogens is 2. The summed E-state index contributed by atoms with van der Waals surface area (Å²) in [5, 5.41) is 19.1. The summed E-state index contributed by atoms with van der Waals surface area (Å²) in [7, 11) is 0. The molecule has 23 heavy (non-hydrogen) atoms. The Kier molecular flexibility index (Phi) is 5.41. The van der Waals surface area contributed by atoms with Crippen LogP contribution in [-0.4, -0.2) is 32.1 Å². The van der Waals surface area contributed by atoms with E-state index in [1.807, 2.05) is 0 Å². The predicted molar refractivity (Wildman–Crippen MR) is 82.8 cm³/mol. The van der Waals surface area contributed by atoms with Crippen molar-refractivity contribution in [3.05, 3.63) is 60.2 Å². The van der Waals surface area contributed by atoms with E-state index in [0.717, 1.165) is 0 Å². The minimum Gasteiger partial charge on any atom is -0.480 e. The molecule has 6 heteroatoms. The summed E-state index contributed by atoms with van der Waals surface area (Å²) < 4.78 is 0. The molecule has 0 amide bonds. The second-order valence-corrected chi connectivity index (χ2v) is 5.33. The van der Waals surface area contributed by atoms with Crippen LogP contribution in [0.5, 0.6) is 0 Å². The molecule has 0 aliphatic heterocycles. The Labute approximate surface area is 133 Å². The minimum absolute atomic E-state index is 0.0124. The van der Waals surface area contributed by atoms with Gasteiger partial charge >= 0.3 is 11.9 Å². The molecule has 0 atom stereocenters. The van der Waals surface area contributed by atoms with Gasteiger partial charge in [0.05, 0.1) is 0 Å². The van der Waals surface area contributed by atoms with Crippen molar-refractivity contribution in [3.63, 3.8) is 0 Å². The van der Waals surface area contributed by atoms with Gasteiger partial charge < -0.3 is 10.2 Å². The number of nitrogens with zero attached hydrogens (tertiary/aromatic N) is 2. The Hall–Kier alpha value is -2.76. The zero-order valence-corrected chi connectivity index (χ0v) is 12.6. The summed E-state index contributed by atoms with van der Waals surface area (Å²) in [6.07, 6.45) is 3.77. The van der Waals surface area contributed by atoms with Crippen LogP contribution in [-0.2, 0) is 22.4 Å². The zero-order chi connectivity index (χ0) is 16.7. The van der Waals surface area contributed by atoms with E-state index in [-0.39, 0.29) is 12.8 Å². The Morgan fingerprint density at radius 3 is 1.57 bits per heavy atom. The molecule has 0 radical (unpaired) electrons. The molecule has 0 aliphatic carbocycles. The molecule has 2 rings (SSSR count). The molecule has 0 spiro atoms. The normalized spacial score (nSPS) is 11.1. The minimum atomic E-state index is -1.84. The first-order valence-electron chi connectivity index (χ1n) is 7.31. The fourth-order valence-corrected chi connectivity index (χ4v) is 2.42. The molecule has 0 aliphatic rings. The van der Waals surface area contributed by atoms with Gasteiger partial charge in [-0.2, -0.15) is 0 Å². The lowest BCUT2D eigenvalue weighted by Crippen LogP contribution is -2.40. The molecule has 0 saturated carbocycles. The van der Waals surface area contributed by atoms with Crippen LogP contribution in [0.25, 0.3) is 0 Å². The predicted octanol–water partition coefficient (Wildman–Crippen LogP) is 2.20. The number of rotatable bonds is 8. The summed E-state index contributed by atoms with van der Waals surface area (Å²) in [5.74, 6) is -2.64. The second kappa shape index (κ2) is 7.49. The highest BCUT2D eigenvalue weighted by Crippen LogP contribution is 2.31. The first-order valence-corrected chi connectivity index (χ1v) is 7.31. The molecule has 0 fully saturated rings. The van der Waals surface area contributed by atoms with Gasteiger partial charge in [-0.3, -0.25) is 19.6 Å². The summed E-state index contributed by atoms with van der Waals surface area (Å²) >= 11 is 0. The van der Waals surface area contributed by atoms with E-state index in [1.54, 1.807) is 48.8 Å². The van der Waals surface area contributed by atoms with E-state index in [4.69, 9.17) is 0 Å². The van der Waals surface area contributed by atoms with Gasteiger partial charge in [0, 0.05) is 23.8 Å². The van der Waals surface area contributed by atoms with Gasteiger partial charge in [0.15, 0.2) is 5.41 Å². The van der Waals surface area contributed by atoms with Crippen LogP contribution in [0.1, 0.15) is 24.2 Å². The van der Waals surface area contributed by atoms with Crippen LogP contribution in [0.2, 0.25) is 0 Å². The topological polar surface area (TPSA) is 100 Å². The first kappa shape index (κ1) is 16.6. The van der Waals surface area contributed by atoms with Crippen LogP contribution in [0.4, 0.5) is 0 Å². The highest BCUT2D eigenvalue weighted by Gasteiger charge is 2.45. The number of aliphatic carboxylic acids is 2. The van der Waals surface area contributed by atoms with E-state index >= 15 is 0 Å². The third kappa shape index (κ3) is 4.12. The Morgan fingerprint density at radius 1 is 0.826 bits per heavy atom. The molecule has 2 heterocycles. The highest BCUT2D eigenvalue weighted by atomic mass is 16.4. The summed E-state index contributed by atoms with van der Waals surface area (Å²) in [6.45, 7) is 0. The van der Waals surface area contributed by atoms with Crippen LogP contribution < -0.4 is 0 Å². The molecule has 2 N–H and O–H groups in total. The molecule has 0 bridgehead atoms. The molecule has 0 aromatic carbocycles. The van der Waals surface area contributed by atoms with Crippen molar-refractivity contribution < 1.29 is 19.8 Å². The molecule has 0 unspecified atom stereocenters. The third-order valence-corrected chi connectivity index (χ3v) is 3.89. The highest BCUT2D eigenvalue weighted by molar-refractivity contribution is 5.98. The summed E-state index contributed by atoms with van der Waals surface area (Å²) in [5.41, 5.74) is -0.482. The number of hydrogen-bond acceptors (Lipinski definition) is 4. The monoisotopic (exact) mass is 314 g/mol. The van der Waals surface area contributed by atoms with Gasteiger partial charge in [-0.25, -0.2) is 0 Å². The van der Waals surface area contributed by atoms with E-state index in [2.05, 4.69) is 9.97 Å². The number of carboxylic acids is 2.